The van der Waals surface area contributed by atoms with E-state index in [2.05, 4.69) is 22.4 Å². The molecule has 10 heteroatoms. The summed E-state index contributed by atoms with van der Waals surface area (Å²) in [5.41, 5.74) is 6.12. The Morgan fingerprint density at radius 2 is 1.82 bits per heavy atom. The highest BCUT2D eigenvalue weighted by atomic mass is 32.2. The van der Waals surface area contributed by atoms with Crippen molar-refractivity contribution in [2.24, 2.45) is 11.7 Å². The second-order valence-electron chi connectivity index (χ2n) is 7.00. The molecule has 0 radical (unpaired) electrons. The third kappa shape index (κ3) is 3.92. The quantitative estimate of drug-likeness (QED) is 0.692. The monoisotopic (exact) mass is 405 g/mol. The minimum atomic E-state index is -3.58. The van der Waals surface area contributed by atoms with Crippen molar-refractivity contribution in [1.82, 2.24) is 14.5 Å². The van der Waals surface area contributed by atoms with Gasteiger partial charge in [0, 0.05) is 18.7 Å². The van der Waals surface area contributed by atoms with Crippen LogP contribution in [0.5, 0.6) is 0 Å². The van der Waals surface area contributed by atoms with Crippen LogP contribution >= 0.6 is 0 Å². The van der Waals surface area contributed by atoms with Crippen LogP contribution in [0.25, 0.3) is 0 Å². The molecule has 1 aromatic carbocycles. The lowest BCUT2D eigenvalue weighted by atomic mass is 10.0. The molecular weight excluding hydrogens is 382 g/mol. The number of amides is 2. The van der Waals surface area contributed by atoms with Gasteiger partial charge in [0.1, 0.15) is 0 Å². The maximum atomic E-state index is 12.8. The number of rotatable bonds is 5. The van der Waals surface area contributed by atoms with Crippen molar-refractivity contribution in [3.8, 4) is 0 Å². The molecule has 150 valence electrons. The number of nitrogens with one attached hydrogen (secondary N) is 2. The van der Waals surface area contributed by atoms with E-state index in [1.165, 1.54) is 28.6 Å². The minimum Gasteiger partial charge on any atom is -0.364 e. The predicted molar refractivity (Wildman–Crippen MR) is 103 cm³/mol. The summed E-state index contributed by atoms with van der Waals surface area (Å²) in [5.74, 6) is -0.742. The van der Waals surface area contributed by atoms with E-state index in [-0.39, 0.29) is 21.8 Å². The fraction of sp³-hybridized carbons (Fsp3) is 0.389. The Bertz CT molecular complexity index is 989. The number of H-pyrrole nitrogens is 1. The first-order valence-corrected chi connectivity index (χ1v) is 10.4. The number of anilines is 1. The molecule has 2 amide bonds. The van der Waals surface area contributed by atoms with Crippen LogP contribution < -0.4 is 11.1 Å². The van der Waals surface area contributed by atoms with Gasteiger partial charge in [-0.15, -0.1) is 0 Å². The Kier molecular flexibility index (Phi) is 5.52. The van der Waals surface area contributed by atoms with Gasteiger partial charge in [0.2, 0.25) is 10.0 Å². The van der Waals surface area contributed by atoms with Gasteiger partial charge in [-0.05, 0) is 49.9 Å². The molecule has 2 aromatic rings. The largest absolute Gasteiger partial charge is 0.364 e. The average molecular weight is 405 g/mol. The molecule has 0 unspecified atom stereocenters. The molecule has 0 spiro atoms. The molecule has 4 N–H and O–H groups in total. The zero-order chi connectivity index (χ0) is 20.5. The van der Waals surface area contributed by atoms with E-state index in [4.69, 9.17) is 5.73 Å². The van der Waals surface area contributed by atoms with Crippen molar-refractivity contribution < 1.29 is 18.0 Å². The Hall–Kier alpha value is -2.72. The lowest BCUT2D eigenvalue weighted by Crippen LogP contribution is -2.37. The smallest absolute Gasteiger partial charge is 0.271 e. The Morgan fingerprint density at radius 3 is 2.39 bits per heavy atom. The molecule has 1 saturated heterocycles. The fourth-order valence-corrected chi connectivity index (χ4v) is 4.57. The molecule has 0 aliphatic carbocycles. The highest BCUT2D eigenvalue weighted by molar-refractivity contribution is 7.89. The summed E-state index contributed by atoms with van der Waals surface area (Å²) in [6.07, 6.45) is 1.68. The van der Waals surface area contributed by atoms with E-state index in [0.29, 0.717) is 24.7 Å². The molecular formula is C18H23N5O4S. The Labute approximate surface area is 163 Å². The summed E-state index contributed by atoms with van der Waals surface area (Å²) < 4.78 is 27.0. The fourth-order valence-electron chi connectivity index (χ4n) is 3.10. The second kappa shape index (κ2) is 7.72. The number of hydrogen-bond acceptors (Lipinski definition) is 5. The molecule has 0 bridgehead atoms. The Balaban J connectivity index is 1.76. The second-order valence-corrected chi connectivity index (χ2v) is 8.94. The number of sulfonamides is 1. The molecule has 3 rings (SSSR count). The van der Waals surface area contributed by atoms with Gasteiger partial charge in [-0.2, -0.15) is 9.40 Å². The van der Waals surface area contributed by atoms with E-state index in [0.717, 1.165) is 12.8 Å². The number of benzene rings is 1. The number of nitrogens with zero attached hydrogens (tertiary/aromatic N) is 2. The summed E-state index contributed by atoms with van der Waals surface area (Å²) in [4.78, 5) is 24.0. The van der Waals surface area contributed by atoms with Crippen LogP contribution in [-0.2, 0) is 10.0 Å². The highest BCUT2D eigenvalue weighted by Crippen LogP contribution is 2.24. The van der Waals surface area contributed by atoms with Crippen LogP contribution in [0.3, 0.4) is 0 Å². The van der Waals surface area contributed by atoms with E-state index < -0.39 is 21.8 Å². The zero-order valence-corrected chi connectivity index (χ0v) is 16.5. The number of nitrogens with two attached hydrogens (primary N) is 1. The first-order valence-electron chi connectivity index (χ1n) is 8.96. The molecule has 2 heterocycles. The minimum absolute atomic E-state index is 0.0654. The maximum absolute atomic E-state index is 12.8. The number of primary amides is 1. The number of aromatic nitrogens is 2. The maximum Gasteiger partial charge on any atom is 0.271 e. The molecule has 9 nitrogen and oxygen atoms in total. The molecule has 0 atom stereocenters. The number of carbonyl (C=O) groups excluding carboxylic acids is 2. The van der Waals surface area contributed by atoms with Crippen LogP contribution in [-0.4, -0.2) is 47.8 Å². The molecule has 0 saturated carbocycles. The van der Waals surface area contributed by atoms with Crippen LogP contribution in [0.2, 0.25) is 0 Å². The normalized spacial score (nSPS) is 16.1. The lowest BCUT2D eigenvalue weighted by molar-refractivity contribution is 0.0996. The van der Waals surface area contributed by atoms with Gasteiger partial charge in [-0.3, -0.25) is 14.7 Å². The van der Waals surface area contributed by atoms with Crippen molar-refractivity contribution >= 4 is 27.5 Å². The lowest BCUT2D eigenvalue weighted by Gasteiger charge is -2.29. The van der Waals surface area contributed by atoms with Gasteiger partial charge < -0.3 is 11.1 Å². The topological polar surface area (TPSA) is 138 Å². The van der Waals surface area contributed by atoms with Crippen molar-refractivity contribution in [3.63, 3.8) is 0 Å². The van der Waals surface area contributed by atoms with E-state index in [1.807, 2.05) is 0 Å². The summed E-state index contributed by atoms with van der Waals surface area (Å²) in [7, 11) is -3.58. The SMILES string of the molecule is Cc1[nH]nc(C(N)=O)c1NC(=O)c1ccc(S(=O)(=O)N2CCC(C)CC2)cc1. The predicted octanol–water partition coefficient (Wildman–Crippen LogP) is 1.49. The molecule has 1 fully saturated rings. The number of aryl methyl sites for hydroxylation is 1. The number of hydrogen-bond donors (Lipinski definition) is 3. The molecule has 1 aliphatic heterocycles. The average Bonchev–Trinajstić information content (AvgIpc) is 3.03. The van der Waals surface area contributed by atoms with Crippen molar-refractivity contribution in [2.75, 3.05) is 18.4 Å². The van der Waals surface area contributed by atoms with Gasteiger partial charge >= 0.3 is 0 Å². The van der Waals surface area contributed by atoms with Crippen LogP contribution in [0.1, 0.15) is 46.3 Å². The molecule has 1 aromatic heterocycles. The first-order chi connectivity index (χ1) is 13.2. The first kappa shape index (κ1) is 20.0. The van der Waals surface area contributed by atoms with Crippen molar-refractivity contribution in [2.45, 2.75) is 31.6 Å². The van der Waals surface area contributed by atoms with Gasteiger partial charge in [0.25, 0.3) is 11.8 Å². The number of carbonyl (C=O) groups is 2. The van der Waals surface area contributed by atoms with E-state index in [9.17, 15) is 18.0 Å². The third-order valence-electron chi connectivity index (χ3n) is 4.92. The molecule has 1 aliphatic rings. The number of piperidine rings is 1. The van der Waals surface area contributed by atoms with Crippen LogP contribution in [0.15, 0.2) is 29.2 Å². The number of aromatic amines is 1. The van der Waals surface area contributed by atoms with Crippen LogP contribution in [0.4, 0.5) is 5.69 Å². The van der Waals surface area contributed by atoms with Crippen molar-refractivity contribution in [3.05, 3.63) is 41.2 Å². The highest BCUT2D eigenvalue weighted by Gasteiger charge is 2.28. The zero-order valence-electron chi connectivity index (χ0n) is 15.7. The van der Waals surface area contributed by atoms with Gasteiger partial charge in [-0.25, -0.2) is 8.42 Å². The summed E-state index contributed by atoms with van der Waals surface area (Å²) in [6.45, 7) is 4.76. The van der Waals surface area contributed by atoms with E-state index >= 15 is 0 Å². The van der Waals surface area contributed by atoms with Crippen molar-refractivity contribution in [1.29, 1.82) is 0 Å². The summed E-state index contributed by atoms with van der Waals surface area (Å²) in [6, 6.07) is 5.71. The van der Waals surface area contributed by atoms with Gasteiger partial charge in [0.15, 0.2) is 5.69 Å². The summed E-state index contributed by atoms with van der Waals surface area (Å²) >= 11 is 0. The third-order valence-corrected chi connectivity index (χ3v) is 6.83. The van der Waals surface area contributed by atoms with E-state index in [1.54, 1.807) is 6.92 Å². The van der Waals surface area contributed by atoms with Gasteiger partial charge in [0.05, 0.1) is 16.3 Å². The van der Waals surface area contributed by atoms with Crippen LogP contribution in [0, 0.1) is 12.8 Å². The Morgan fingerprint density at radius 1 is 1.21 bits per heavy atom. The molecule has 28 heavy (non-hydrogen) atoms. The van der Waals surface area contributed by atoms with Gasteiger partial charge in [-0.1, -0.05) is 6.92 Å². The summed E-state index contributed by atoms with van der Waals surface area (Å²) in [5, 5.41) is 8.95. The standard InChI is InChI=1S/C18H23N5O4S/c1-11-7-9-23(10-8-11)28(26,27)14-5-3-13(4-6-14)18(25)20-15-12(2)21-22-16(15)17(19)24/h3-6,11H,7-10H2,1-2H3,(H2,19,24)(H,20,25)(H,21,22).